The zero-order chi connectivity index (χ0) is 15.2. The van der Waals surface area contributed by atoms with Crippen molar-refractivity contribution in [3.63, 3.8) is 0 Å². The Hall–Kier alpha value is -1.65. The molecule has 3 atom stereocenters. The van der Waals surface area contributed by atoms with Crippen LogP contribution in [0.15, 0.2) is 47.3 Å². The maximum atomic E-state index is 6.02. The Morgan fingerprint density at radius 3 is 2.95 bits per heavy atom. The first-order valence-electron chi connectivity index (χ1n) is 8.13. The molecule has 22 heavy (non-hydrogen) atoms. The SMILES string of the molecule is C[C@H](CCc1ccco1)N[C@H]1CCCO[C@@H]1c1ccncc1. The van der Waals surface area contributed by atoms with Crippen molar-refractivity contribution in [2.75, 3.05) is 6.61 Å². The van der Waals surface area contributed by atoms with Gasteiger partial charge in [0, 0.05) is 37.5 Å². The number of pyridine rings is 1. The Morgan fingerprint density at radius 1 is 1.32 bits per heavy atom. The molecule has 0 amide bonds. The largest absolute Gasteiger partial charge is 0.469 e. The number of nitrogens with one attached hydrogen (secondary N) is 1. The Morgan fingerprint density at radius 2 is 2.18 bits per heavy atom. The van der Waals surface area contributed by atoms with Crippen LogP contribution in [0.2, 0.25) is 0 Å². The van der Waals surface area contributed by atoms with Crippen LogP contribution in [0.5, 0.6) is 0 Å². The molecule has 2 aromatic rings. The first kappa shape index (κ1) is 15.3. The molecule has 0 bridgehead atoms. The lowest BCUT2D eigenvalue weighted by atomic mass is 9.95. The molecule has 0 saturated carbocycles. The van der Waals surface area contributed by atoms with Crippen LogP contribution < -0.4 is 5.32 Å². The molecule has 0 radical (unpaired) electrons. The van der Waals surface area contributed by atoms with E-state index in [1.807, 2.05) is 24.5 Å². The molecular formula is C18H24N2O2. The van der Waals surface area contributed by atoms with Crippen LogP contribution in [0, 0.1) is 0 Å². The predicted molar refractivity (Wildman–Crippen MR) is 85.6 cm³/mol. The molecule has 4 heteroatoms. The Labute approximate surface area is 131 Å². The number of hydrogen-bond donors (Lipinski definition) is 1. The Balaban J connectivity index is 1.56. The van der Waals surface area contributed by atoms with E-state index in [0.717, 1.165) is 38.1 Å². The smallest absolute Gasteiger partial charge is 0.103 e. The summed E-state index contributed by atoms with van der Waals surface area (Å²) in [5, 5.41) is 3.74. The van der Waals surface area contributed by atoms with E-state index >= 15 is 0 Å². The summed E-state index contributed by atoms with van der Waals surface area (Å²) in [4.78, 5) is 4.10. The molecule has 0 aromatic carbocycles. The fourth-order valence-electron chi connectivity index (χ4n) is 3.10. The van der Waals surface area contributed by atoms with Gasteiger partial charge in [-0.1, -0.05) is 0 Å². The van der Waals surface area contributed by atoms with Crippen molar-refractivity contribution in [2.45, 2.75) is 50.8 Å². The molecular weight excluding hydrogens is 276 g/mol. The highest BCUT2D eigenvalue weighted by atomic mass is 16.5. The third-order valence-electron chi connectivity index (χ3n) is 4.26. The van der Waals surface area contributed by atoms with Crippen LogP contribution in [-0.4, -0.2) is 23.7 Å². The zero-order valence-corrected chi connectivity index (χ0v) is 13.1. The van der Waals surface area contributed by atoms with Gasteiger partial charge in [0.2, 0.25) is 0 Å². The third kappa shape index (κ3) is 3.96. The van der Waals surface area contributed by atoms with E-state index in [-0.39, 0.29) is 6.10 Å². The van der Waals surface area contributed by atoms with Gasteiger partial charge in [-0.3, -0.25) is 4.98 Å². The topological polar surface area (TPSA) is 47.3 Å². The van der Waals surface area contributed by atoms with Crippen LogP contribution in [0.25, 0.3) is 0 Å². The number of furan rings is 1. The molecule has 0 spiro atoms. The summed E-state index contributed by atoms with van der Waals surface area (Å²) in [7, 11) is 0. The van der Waals surface area contributed by atoms with E-state index in [4.69, 9.17) is 9.15 Å². The molecule has 1 N–H and O–H groups in total. The van der Waals surface area contributed by atoms with Gasteiger partial charge in [-0.15, -0.1) is 0 Å². The molecule has 3 heterocycles. The van der Waals surface area contributed by atoms with Gasteiger partial charge in [-0.25, -0.2) is 0 Å². The van der Waals surface area contributed by atoms with Crippen molar-refractivity contribution in [1.29, 1.82) is 0 Å². The molecule has 1 aliphatic heterocycles. The monoisotopic (exact) mass is 300 g/mol. The fraction of sp³-hybridized carbons (Fsp3) is 0.500. The van der Waals surface area contributed by atoms with E-state index in [0.29, 0.717) is 12.1 Å². The van der Waals surface area contributed by atoms with Gasteiger partial charge in [0.25, 0.3) is 0 Å². The van der Waals surface area contributed by atoms with E-state index in [2.05, 4.69) is 29.4 Å². The first-order chi connectivity index (χ1) is 10.8. The number of aryl methyl sites for hydroxylation is 1. The maximum Gasteiger partial charge on any atom is 0.103 e. The summed E-state index contributed by atoms with van der Waals surface area (Å²) >= 11 is 0. The molecule has 2 aromatic heterocycles. The second-order valence-corrected chi connectivity index (χ2v) is 6.01. The standard InChI is InChI=1S/C18H24N2O2/c1-14(6-7-16-4-2-12-21-16)20-17-5-3-13-22-18(17)15-8-10-19-11-9-15/h2,4,8-12,14,17-18,20H,3,5-7,13H2,1H3/t14-,17+,18-/m1/s1. The lowest BCUT2D eigenvalue weighted by molar-refractivity contribution is -0.0136. The van der Waals surface area contributed by atoms with Crippen LogP contribution in [0.1, 0.15) is 43.6 Å². The quantitative estimate of drug-likeness (QED) is 0.887. The minimum atomic E-state index is 0.128. The van der Waals surface area contributed by atoms with Crippen molar-refractivity contribution in [1.82, 2.24) is 10.3 Å². The molecule has 0 unspecified atom stereocenters. The van der Waals surface area contributed by atoms with Gasteiger partial charge in [0.15, 0.2) is 0 Å². The summed E-state index contributed by atoms with van der Waals surface area (Å²) in [6, 6.07) is 8.89. The lowest BCUT2D eigenvalue weighted by Gasteiger charge is -2.34. The van der Waals surface area contributed by atoms with Crippen LogP contribution in [-0.2, 0) is 11.2 Å². The van der Waals surface area contributed by atoms with E-state index in [9.17, 15) is 0 Å². The summed E-state index contributed by atoms with van der Waals surface area (Å²) < 4.78 is 11.4. The van der Waals surface area contributed by atoms with E-state index in [1.54, 1.807) is 6.26 Å². The Kier molecular flexibility index (Phi) is 5.24. The summed E-state index contributed by atoms with van der Waals surface area (Å²) in [5.41, 5.74) is 1.21. The van der Waals surface area contributed by atoms with Crippen molar-refractivity contribution < 1.29 is 9.15 Å². The molecule has 0 aliphatic carbocycles. The zero-order valence-electron chi connectivity index (χ0n) is 13.1. The van der Waals surface area contributed by atoms with Crippen molar-refractivity contribution in [2.24, 2.45) is 0 Å². The lowest BCUT2D eigenvalue weighted by Crippen LogP contribution is -2.44. The molecule has 4 nitrogen and oxygen atoms in total. The summed E-state index contributed by atoms with van der Waals surface area (Å²) in [6.07, 6.45) is 9.84. The number of nitrogens with zero attached hydrogens (tertiary/aromatic N) is 1. The second-order valence-electron chi connectivity index (χ2n) is 6.01. The van der Waals surface area contributed by atoms with Gasteiger partial charge in [-0.05, 0) is 56.0 Å². The van der Waals surface area contributed by atoms with E-state index < -0.39 is 0 Å². The minimum Gasteiger partial charge on any atom is -0.469 e. The average molecular weight is 300 g/mol. The molecule has 1 fully saturated rings. The van der Waals surface area contributed by atoms with Crippen LogP contribution in [0.3, 0.4) is 0 Å². The van der Waals surface area contributed by atoms with E-state index in [1.165, 1.54) is 5.56 Å². The van der Waals surface area contributed by atoms with Gasteiger partial charge >= 0.3 is 0 Å². The number of ether oxygens (including phenoxy) is 1. The molecule has 3 rings (SSSR count). The van der Waals surface area contributed by atoms with Crippen molar-refractivity contribution in [3.05, 3.63) is 54.2 Å². The number of rotatable bonds is 6. The minimum absolute atomic E-state index is 0.128. The molecule has 1 saturated heterocycles. The second kappa shape index (κ2) is 7.56. The van der Waals surface area contributed by atoms with Crippen LogP contribution in [0.4, 0.5) is 0 Å². The van der Waals surface area contributed by atoms with Gasteiger partial charge in [0.05, 0.1) is 12.4 Å². The molecule has 118 valence electrons. The number of hydrogen-bond acceptors (Lipinski definition) is 4. The highest BCUT2D eigenvalue weighted by molar-refractivity contribution is 5.16. The number of aromatic nitrogens is 1. The van der Waals surface area contributed by atoms with Gasteiger partial charge in [0.1, 0.15) is 5.76 Å². The Bertz CT molecular complexity index is 541. The van der Waals surface area contributed by atoms with Crippen molar-refractivity contribution in [3.8, 4) is 0 Å². The van der Waals surface area contributed by atoms with Crippen LogP contribution >= 0.6 is 0 Å². The predicted octanol–water partition coefficient (Wildman–Crippen LogP) is 3.51. The average Bonchev–Trinajstić information content (AvgIpc) is 3.08. The highest BCUT2D eigenvalue weighted by Gasteiger charge is 2.28. The summed E-state index contributed by atoms with van der Waals surface area (Å²) in [5.74, 6) is 1.05. The molecule has 1 aliphatic rings. The third-order valence-corrected chi connectivity index (χ3v) is 4.26. The maximum absolute atomic E-state index is 6.02. The van der Waals surface area contributed by atoms with Gasteiger partial charge < -0.3 is 14.5 Å². The first-order valence-corrected chi connectivity index (χ1v) is 8.13. The van der Waals surface area contributed by atoms with Gasteiger partial charge in [-0.2, -0.15) is 0 Å². The fourth-order valence-corrected chi connectivity index (χ4v) is 3.10. The highest BCUT2D eigenvalue weighted by Crippen LogP contribution is 2.28. The van der Waals surface area contributed by atoms with Crippen molar-refractivity contribution >= 4 is 0 Å². The normalized spacial score (nSPS) is 23.3. The summed E-state index contributed by atoms with van der Waals surface area (Å²) in [6.45, 7) is 3.08.